The molecule has 0 fully saturated rings. The quantitative estimate of drug-likeness (QED) is 0.480. The van der Waals surface area contributed by atoms with E-state index in [1.807, 2.05) is 32.3 Å². The molecule has 0 spiro atoms. The molecule has 0 N–H and O–H groups in total. The van der Waals surface area contributed by atoms with Crippen molar-refractivity contribution in [1.82, 2.24) is 4.90 Å². The molecule has 0 bridgehead atoms. The van der Waals surface area contributed by atoms with Crippen LogP contribution in [0.1, 0.15) is 20.3 Å². The molecule has 0 amide bonds. The van der Waals surface area contributed by atoms with Crippen molar-refractivity contribution in [1.29, 1.82) is 0 Å². The molecule has 0 aliphatic carbocycles. The van der Waals surface area contributed by atoms with E-state index < -0.39 is 11.9 Å². The Kier molecular flexibility index (Phi) is 6.72. The van der Waals surface area contributed by atoms with Crippen LogP contribution in [0.25, 0.3) is 0 Å². The van der Waals surface area contributed by atoms with Crippen molar-refractivity contribution in [3.63, 3.8) is 0 Å². The molecule has 1 aliphatic heterocycles. The van der Waals surface area contributed by atoms with E-state index in [0.29, 0.717) is 5.02 Å². The summed E-state index contributed by atoms with van der Waals surface area (Å²) in [5.41, 5.74) is 1.89. The van der Waals surface area contributed by atoms with Crippen LogP contribution in [-0.4, -0.2) is 44.0 Å². The first kappa shape index (κ1) is 21.5. The normalized spacial score (nSPS) is 12.4. The van der Waals surface area contributed by atoms with Crippen LogP contribution in [-0.2, 0) is 9.59 Å². The van der Waals surface area contributed by atoms with Crippen molar-refractivity contribution in [3.8, 4) is 11.5 Å². The van der Waals surface area contributed by atoms with Crippen molar-refractivity contribution < 1.29 is 19.1 Å². The first-order valence-corrected chi connectivity index (χ1v) is 10.4. The minimum Gasteiger partial charge on any atom is -0.423 e. The Balaban J connectivity index is 2.07. The third kappa shape index (κ3) is 5.23. The van der Waals surface area contributed by atoms with Crippen molar-refractivity contribution in [2.24, 2.45) is 0 Å². The van der Waals surface area contributed by atoms with Crippen LogP contribution < -0.4 is 14.4 Å². The van der Waals surface area contributed by atoms with Gasteiger partial charge >= 0.3 is 11.9 Å². The van der Waals surface area contributed by atoms with E-state index in [9.17, 15) is 9.59 Å². The number of benzene rings is 2. The Morgan fingerprint density at radius 1 is 1.00 bits per heavy atom. The molecular formula is C21H23ClN2O4S. The summed E-state index contributed by atoms with van der Waals surface area (Å²) in [5, 5.41) is 0.655. The smallest absolute Gasteiger partial charge is 0.308 e. The number of hydrogen-bond acceptors (Lipinski definition) is 7. The first-order valence-electron chi connectivity index (χ1n) is 9.19. The maximum atomic E-state index is 11.6. The van der Waals surface area contributed by atoms with Gasteiger partial charge in [0, 0.05) is 47.3 Å². The summed E-state index contributed by atoms with van der Waals surface area (Å²) in [7, 11) is 4.07. The SMILES string of the molecule is CC(=O)Oc1cc2c(cc1OC(C)=O)N(CCCN(C)C)c1cc(Cl)ccc1S2. The molecule has 0 radical (unpaired) electrons. The average Bonchev–Trinajstić information content (AvgIpc) is 2.61. The van der Waals surface area contributed by atoms with Crippen LogP contribution >= 0.6 is 23.4 Å². The Morgan fingerprint density at radius 3 is 2.24 bits per heavy atom. The summed E-state index contributed by atoms with van der Waals surface area (Å²) in [5.74, 6) is -0.515. The van der Waals surface area contributed by atoms with Crippen molar-refractivity contribution >= 4 is 46.7 Å². The number of halogens is 1. The van der Waals surface area contributed by atoms with Gasteiger partial charge in [0.05, 0.1) is 11.4 Å². The molecule has 0 aromatic heterocycles. The van der Waals surface area contributed by atoms with Crippen LogP contribution in [0.5, 0.6) is 11.5 Å². The number of ether oxygens (including phenoxy) is 2. The summed E-state index contributed by atoms with van der Waals surface area (Å²) >= 11 is 7.83. The second-order valence-corrected chi connectivity index (χ2v) is 8.50. The summed E-state index contributed by atoms with van der Waals surface area (Å²) in [6, 6.07) is 9.28. The van der Waals surface area contributed by atoms with Crippen LogP contribution in [0.2, 0.25) is 5.02 Å². The number of esters is 2. The second kappa shape index (κ2) is 9.07. The number of rotatable bonds is 6. The number of anilines is 2. The third-order valence-corrected chi connectivity index (χ3v) is 5.59. The van der Waals surface area contributed by atoms with Gasteiger partial charge in [0.25, 0.3) is 0 Å². The number of nitrogens with zero attached hydrogens (tertiary/aromatic N) is 2. The van der Waals surface area contributed by atoms with Crippen LogP contribution in [0.4, 0.5) is 11.4 Å². The maximum Gasteiger partial charge on any atom is 0.308 e. The Morgan fingerprint density at radius 2 is 1.62 bits per heavy atom. The van der Waals surface area contributed by atoms with Gasteiger partial charge < -0.3 is 19.3 Å². The lowest BCUT2D eigenvalue weighted by Gasteiger charge is -2.34. The van der Waals surface area contributed by atoms with Gasteiger partial charge in [-0.1, -0.05) is 23.4 Å². The summed E-state index contributed by atoms with van der Waals surface area (Å²) in [6.07, 6.45) is 0.928. The van der Waals surface area contributed by atoms with Gasteiger partial charge in [-0.2, -0.15) is 0 Å². The van der Waals surface area contributed by atoms with E-state index in [1.165, 1.54) is 13.8 Å². The summed E-state index contributed by atoms with van der Waals surface area (Å²) in [4.78, 5) is 29.4. The fourth-order valence-corrected chi connectivity index (χ4v) is 4.37. The highest BCUT2D eigenvalue weighted by molar-refractivity contribution is 7.99. The fraction of sp³-hybridized carbons (Fsp3) is 0.333. The highest BCUT2D eigenvalue weighted by Crippen LogP contribution is 2.52. The molecule has 3 rings (SSSR count). The van der Waals surface area contributed by atoms with Gasteiger partial charge in [0.2, 0.25) is 0 Å². The molecule has 2 aromatic carbocycles. The Hall–Kier alpha value is -2.22. The predicted molar refractivity (Wildman–Crippen MR) is 115 cm³/mol. The van der Waals surface area contributed by atoms with E-state index in [1.54, 1.807) is 23.9 Å². The molecule has 154 valence electrons. The zero-order valence-corrected chi connectivity index (χ0v) is 18.4. The van der Waals surface area contributed by atoms with Gasteiger partial charge in [-0.3, -0.25) is 9.59 Å². The van der Waals surface area contributed by atoms with Crippen molar-refractivity contribution in [3.05, 3.63) is 35.4 Å². The lowest BCUT2D eigenvalue weighted by molar-refractivity contribution is -0.134. The van der Waals surface area contributed by atoms with Crippen LogP contribution in [0, 0.1) is 0 Å². The minimum atomic E-state index is -0.482. The average molecular weight is 435 g/mol. The molecule has 0 saturated heterocycles. The van der Waals surface area contributed by atoms with Crippen LogP contribution in [0.15, 0.2) is 40.1 Å². The molecule has 0 saturated carbocycles. The van der Waals surface area contributed by atoms with Gasteiger partial charge in [0.1, 0.15) is 0 Å². The van der Waals surface area contributed by atoms with E-state index in [0.717, 1.165) is 40.7 Å². The third-order valence-electron chi connectivity index (χ3n) is 4.24. The molecule has 0 unspecified atom stereocenters. The molecule has 6 nitrogen and oxygen atoms in total. The van der Waals surface area contributed by atoms with Crippen molar-refractivity contribution in [2.75, 3.05) is 32.1 Å². The molecule has 29 heavy (non-hydrogen) atoms. The second-order valence-electron chi connectivity index (χ2n) is 6.98. The highest BCUT2D eigenvalue weighted by Gasteiger charge is 2.27. The van der Waals surface area contributed by atoms with E-state index in [4.69, 9.17) is 21.1 Å². The number of carbonyl (C=O) groups excluding carboxylic acids is 2. The fourth-order valence-electron chi connectivity index (χ4n) is 3.11. The predicted octanol–water partition coefficient (Wildman–Crippen LogP) is 4.75. The minimum absolute atomic E-state index is 0.218. The van der Waals surface area contributed by atoms with Gasteiger partial charge in [-0.15, -0.1) is 0 Å². The standard InChI is InChI=1S/C21H23ClN2O4S/c1-13(25)27-18-11-17-21(12-19(18)28-14(2)26)29-20-7-6-15(22)10-16(20)24(17)9-5-8-23(3)4/h6-7,10-12H,5,8-9H2,1-4H3. The largest absolute Gasteiger partial charge is 0.423 e. The van der Waals surface area contributed by atoms with Crippen molar-refractivity contribution in [2.45, 2.75) is 30.1 Å². The Labute approximate surface area is 179 Å². The molecular weight excluding hydrogens is 412 g/mol. The van der Waals surface area contributed by atoms with Gasteiger partial charge in [0.15, 0.2) is 11.5 Å². The van der Waals surface area contributed by atoms with E-state index in [-0.39, 0.29) is 11.5 Å². The highest BCUT2D eigenvalue weighted by atomic mass is 35.5. The van der Waals surface area contributed by atoms with Gasteiger partial charge in [-0.05, 0) is 45.3 Å². The molecule has 1 heterocycles. The molecule has 0 atom stereocenters. The van der Waals surface area contributed by atoms with Gasteiger partial charge in [-0.25, -0.2) is 0 Å². The van der Waals surface area contributed by atoms with Crippen LogP contribution in [0.3, 0.4) is 0 Å². The summed E-state index contributed by atoms with van der Waals surface area (Å²) in [6.45, 7) is 4.31. The monoisotopic (exact) mass is 434 g/mol. The number of hydrogen-bond donors (Lipinski definition) is 0. The van der Waals surface area contributed by atoms with E-state index >= 15 is 0 Å². The molecule has 2 aromatic rings. The van der Waals surface area contributed by atoms with E-state index in [2.05, 4.69) is 9.80 Å². The topological polar surface area (TPSA) is 59.1 Å². The lowest BCUT2D eigenvalue weighted by Crippen LogP contribution is -2.25. The lowest BCUT2D eigenvalue weighted by atomic mass is 10.2. The zero-order chi connectivity index (χ0) is 21.1. The maximum absolute atomic E-state index is 11.6. The molecule has 1 aliphatic rings. The number of fused-ring (bicyclic) bond motifs is 2. The first-order chi connectivity index (χ1) is 13.7. The molecule has 8 heteroatoms. The summed E-state index contributed by atoms with van der Waals surface area (Å²) < 4.78 is 10.6. The number of carbonyl (C=O) groups is 2. The zero-order valence-electron chi connectivity index (χ0n) is 16.8. The Bertz CT molecular complexity index is 949.